The molecule has 2 aromatic carbocycles. The number of para-hydroxylation sites is 1. The Kier molecular flexibility index (Phi) is 3.90. The Hall–Kier alpha value is -2.99. The number of rotatable bonds is 1. The largest absolute Gasteiger partial charge is 0.355 e. The second-order valence-electron chi connectivity index (χ2n) is 7.50. The first-order valence-electron chi connectivity index (χ1n) is 9.73. The molecule has 0 saturated carbocycles. The lowest BCUT2D eigenvalue weighted by atomic mass is 9.80. The van der Waals surface area contributed by atoms with Crippen molar-refractivity contribution in [3.63, 3.8) is 0 Å². The van der Waals surface area contributed by atoms with Gasteiger partial charge in [-0.25, -0.2) is 4.79 Å². The number of urea groups is 1. The summed E-state index contributed by atoms with van der Waals surface area (Å²) in [6, 6.07) is 13.1. The fraction of sp³-hybridized carbons (Fsp3) is 0.273. The molecular formula is C22H21ClN4O2. The Labute approximate surface area is 173 Å². The highest BCUT2D eigenvalue weighted by atomic mass is 35.5. The van der Waals surface area contributed by atoms with Crippen LogP contribution in [0.5, 0.6) is 0 Å². The molecule has 3 aromatic rings. The predicted molar refractivity (Wildman–Crippen MR) is 113 cm³/mol. The summed E-state index contributed by atoms with van der Waals surface area (Å²) < 4.78 is 0. The van der Waals surface area contributed by atoms with Crippen LogP contribution in [0.25, 0.3) is 10.9 Å². The SMILES string of the molecule is CCNC(=O)N1CCc2c([nH]c3ccc(Cl)cc23)[C@@]12C(=O)N(C)c1ccccc12. The van der Waals surface area contributed by atoms with Crippen molar-refractivity contribution in [2.75, 3.05) is 25.0 Å². The minimum Gasteiger partial charge on any atom is -0.355 e. The van der Waals surface area contributed by atoms with Crippen LogP contribution in [-0.2, 0) is 16.8 Å². The molecule has 1 spiro atoms. The van der Waals surface area contributed by atoms with E-state index in [4.69, 9.17) is 11.6 Å². The van der Waals surface area contributed by atoms with Gasteiger partial charge in [0.2, 0.25) is 0 Å². The highest BCUT2D eigenvalue weighted by Gasteiger charge is 2.60. The number of aromatic nitrogens is 1. The zero-order valence-electron chi connectivity index (χ0n) is 16.3. The number of likely N-dealkylation sites (N-methyl/N-ethyl adjacent to an activating group) is 1. The van der Waals surface area contributed by atoms with E-state index in [1.165, 1.54) is 0 Å². The lowest BCUT2D eigenvalue weighted by Crippen LogP contribution is -2.61. The standard InChI is InChI=1S/C22H21ClN4O2/c1-3-24-21(29)27-11-10-14-15-12-13(23)8-9-17(15)25-19(14)22(27)16-6-4-5-7-18(16)26(2)20(22)28/h4-9,12,25H,3,10-11H2,1-2H3,(H,24,29)/t22-/m0/s1. The summed E-state index contributed by atoms with van der Waals surface area (Å²) in [5.41, 5.74) is 3.13. The summed E-state index contributed by atoms with van der Waals surface area (Å²) in [6.07, 6.45) is 0.647. The van der Waals surface area contributed by atoms with Crippen molar-refractivity contribution in [2.24, 2.45) is 0 Å². The summed E-state index contributed by atoms with van der Waals surface area (Å²) in [7, 11) is 1.76. The molecule has 148 valence electrons. The maximum Gasteiger partial charge on any atom is 0.318 e. The second kappa shape index (κ2) is 6.26. The average molecular weight is 409 g/mol. The van der Waals surface area contributed by atoms with Gasteiger partial charge in [0.1, 0.15) is 0 Å². The second-order valence-corrected chi connectivity index (χ2v) is 7.93. The first kappa shape index (κ1) is 18.1. The predicted octanol–water partition coefficient (Wildman–Crippen LogP) is 3.63. The van der Waals surface area contributed by atoms with Crippen LogP contribution in [0, 0.1) is 0 Å². The van der Waals surface area contributed by atoms with Crippen molar-refractivity contribution in [1.29, 1.82) is 0 Å². The smallest absolute Gasteiger partial charge is 0.318 e. The Balaban J connectivity index is 1.86. The number of aromatic amines is 1. The minimum atomic E-state index is -1.22. The molecule has 0 unspecified atom stereocenters. The van der Waals surface area contributed by atoms with Crippen molar-refractivity contribution >= 4 is 40.1 Å². The van der Waals surface area contributed by atoms with E-state index >= 15 is 0 Å². The zero-order valence-corrected chi connectivity index (χ0v) is 17.0. The lowest BCUT2D eigenvalue weighted by molar-refractivity contribution is -0.126. The molecular weight excluding hydrogens is 388 g/mol. The van der Waals surface area contributed by atoms with E-state index in [2.05, 4.69) is 10.3 Å². The van der Waals surface area contributed by atoms with Crippen LogP contribution in [0.15, 0.2) is 42.5 Å². The van der Waals surface area contributed by atoms with Crippen molar-refractivity contribution in [3.05, 3.63) is 64.3 Å². The highest BCUT2D eigenvalue weighted by molar-refractivity contribution is 6.31. The zero-order chi connectivity index (χ0) is 20.3. The van der Waals surface area contributed by atoms with E-state index < -0.39 is 5.54 Å². The number of carbonyl (C=O) groups is 2. The third-order valence-corrected chi connectivity index (χ3v) is 6.30. The molecule has 2 N–H and O–H groups in total. The lowest BCUT2D eigenvalue weighted by Gasteiger charge is -2.43. The van der Waals surface area contributed by atoms with E-state index in [0.29, 0.717) is 24.5 Å². The third-order valence-electron chi connectivity index (χ3n) is 6.06. The van der Waals surface area contributed by atoms with Crippen molar-refractivity contribution < 1.29 is 9.59 Å². The fourth-order valence-corrected chi connectivity index (χ4v) is 5.03. The van der Waals surface area contributed by atoms with Crippen LogP contribution < -0.4 is 10.2 Å². The summed E-state index contributed by atoms with van der Waals surface area (Å²) in [5.74, 6) is -0.136. The number of nitrogens with one attached hydrogen (secondary N) is 2. The Morgan fingerprint density at radius 2 is 2.07 bits per heavy atom. The van der Waals surface area contributed by atoms with Crippen molar-refractivity contribution in [1.82, 2.24) is 15.2 Å². The Morgan fingerprint density at radius 1 is 1.28 bits per heavy atom. The number of nitrogens with zero attached hydrogens (tertiary/aromatic N) is 2. The van der Waals surface area contributed by atoms with E-state index in [9.17, 15) is 9.59 Å². The molecule has 1 atom stereocenters. The van der Waals surface area contributed by atoms with Gasteiger partial charge in [0.05, 0.1) is 5.69 Å². The van der Waals surface area contributed by atoms with Gasteiger partial charge >= 0.3 is 6.03 Å². The molecule has 0 bridgehead atoms. The number of hydrogen-bond donors (Lipinski definition) is 2. The van der Waals surface area contributed by atoms with Crippen LogP contribution >= 0.6 is 11.6 Å². The summed E-state index contributed by atoms with van der Waals surface area (Å²) in [6.45, 7) is 2.81. The Bertz CT molecular complexity index is 1170. The van der Waals surface area contributed by atoms with Crippen molar-refractivity contribution in [2.45, 2.75) is 18.9 Å². The van der Waals surface area contributed by atoms with Gasteiger partial charge in [-0.15, -0.1) is 0 Å². The van der Waals surface area contributed by atoms with Gasteiger partial charge < -0.3 is 20.1 Å². The maximum atomic E-state index is 13.8. The molecule has 6 nitrogen and oxygen atoms in total. The number of fused-ring (bicyclic) bond motifs is 6. The summed E-state index contributed by atoms with van der Waals surface area (Å²) in [5, 5.41) is 4.54. The molecule has 29 heavy (non-hydrogen) atoms. The normalized spacial score (nSPS) is 20.3. The summed E-state index contributed by atoms with van der Waals surface area (Å²) in [4.78, 5) is 33.7. The molecule has 0 aliphatic carbocycles. The molecule has 3 amide bonds. The first-order valence-corrected chi connectivity index (χ1v) is 10.1. The number of halogens is 1. The molecule has 3 heterocycles. The van der Waals surface area contributed by atoms with Gasteiger partial charge in [-0.1, -0.05) is 29.8 Å². The van der Waals surface area contributed by atoms with Gasteiger partial charge in [-0.3, -0.25) is 4.79 Å². The van der Waals surface area contributed by atoms with Gasteiger partial charge in [0.25, 0.3) is 5.91 Å². The molecule has 7 heteroatoms. The van der Waals surface area contributed by atoms with Gasteiger partial charge in [0, 0.05) is 47.3 Å². The van der Waals surface area contributed by atoms with Crippen LogP contribution in [0.4, 0.5) is 10.5 Å². The monoisotopic (exact) mass is 408 g/mol. The number of hydrogen-bond acceptors (Lipinski definition) is 2. The number of H-pyrrole nitrogens is 1. The van der Waals surface area contributed by atoms with Gasteiger partial charge in [-0.2, -0.15) is 0 Å². The van der Waals surface area contributed by atoms with Gasteiger partial charge in [-0.05, 0) is 43.2 Å². The fourth-order valence-electron chi connectivity index (χ4n) is 4.86. The highest BCUT2D eigenvalue weighted by Crippen LogP contribution is 2.51. The van der Waals surface area contributed by atoms with Crippen LogP contribution in [0.3, 0.4) is 0 Å². The third kappa shape index (κ3) is 2.23. The molecule has 2 aliphatic heterocycles. The Morgan fingerprint density at radius 3 is 2.86 bits per heavy atom. The number of anilines is 1. The van der Waals surface area contributed by atoms with E-state index in [1.807, 2.05) is 49.4 Å². The number of amides is 3. The van der Waals surface area contributed by atoms with E-state index in [1.54, 1.807) is 16.8 Å². The van der Waals surface area contributed by atoms with Crippen LogP contribution in [-0.4, -0.2) is 42.0 Å². The average Bonchev–Trinajstić information content (AvgIpc) is 3.19. The summed E-state index contributed by atoms with van der Waals surface area (Å²) >= 11 is 6.26. The van der Waals surface area contributed by atoms with Crippen LogP contribution in [0.1, 0.15) is 23.7 Å². The van der Waals surface area contributed by atoms with Gasteiger partial charge in [0.15, 0.2) is 5.54 Å². The molecule has 5 rings (SSSR count). The van der Waals surface area contributed by atoms with Crippen LogP contribution in [0.2, 0.25) is 5.02 Å². The maximum absolute atomic E-state index is 13.8. The molecule has 0 saturated heterocycles. The number of benzene rings is 2. The first-order chi connectivity index (χ1) is 14.0. The van der Waals surface area contributed by atoms with E-state index in [0.717, 1.165) is 33.4 Å². The topological polar surface area (TPSA) is 68.4 Å². The van der Waals surface area contributed by atoms with E-state index in [-0.39, 0.29) is 11.9 Å². The molecule has 1 aromatic heterocycles. The minimum absolute atomic E-state index is 0.136. The number of carbonyl (C=O) groups excluding carboxylic acids is 2. The molecule has 0 fully saturated rings. The quantitative estimate of drug-likeness (QED) is 0.645. The molecule has 0 radical (unpaired) electrons. The molecule has 2 aliphatic rings. The van der Waals surface area contributed by atoms with Crippen molar-refractivity contribution in [3.8, 4) is 0 Å².